The first-order valence-electron chi connectivity index (χ1n) is 12.8. The first kappa shape index (κ1) is 26.2. The molecule has 4 heteroatoms. The summed E-state index contributed by atoms with van der Waals surface area (Å²) >= 11 is 0. The van der Waals surface area contributed by atoms with E-state index in [1.807, 2.05) is 12.1 Å². The van der Waals surface area contributed by atoms with Gasteiger partial charge in [0.05, 0.1) is 14.2 Å². The van der Waals surface area contributed by atoms with Gasteiger partial charge in [-0.15, -0.1) is 0 Å². The summed E-state index contributed by atoms with van der Waals surface area (Å²) in [7, 11) is 2.23. The number of hydrogen-bond donors (Lipinski definition) is 0. The molecule has 0 fully saturated rings. The summed E-state index contributed by atoms with van der Waals surface area (Å²) in [5.74, 6) is 1.79. The summed E-state index contributed by atoms with van der Waals surface area (Å²) in [6, 6.07) is 47.8. The third kappa shape index (κ3) is 5.99. The molecule has 0 radical (unpaired) electrons. The molecule has 0 N–H and O–H groups in total. The molecule has 0 aromatic heterocycles. The summed E-state index contributed by atoms with van der Waals surface area (Å²) in [6.07, 6.45) is 2.12. The Bertz CT molecular complexity index is 1440. The van der Waals surface area contributed by atoms with Gasteiger partial charge in [0.1, 0.15) is 11.5 Å². The molecule has 5 aromatic carbocycles. The van der Waals surface area contributed by atoms with Gasteiger partial charge < -0.3 is 9.47 Å². The van der Waals surface area contributed by atoms with E-state index in [2.05, 4.69) is 121 Å². The van der Waals surface area contributed by atoms with Crippen LogP contribution in [0.5, 0.6) is 11.5 Å². The van der Waals surface area contributed by atoms with Gasteiger partial charge in [0.15, 0.2) is 0 Å². The fraction of sp³-hybridized carbons (Fsp3) is 0.118. The number of rotatable bonds is 10. The zero-order chi connectivity index (χ0) is 26.2. The van der Waals surface area contributed by atoms with Gasteiger partial charge in [0.2, 0.25) is 0 Å². The van der Waals surface area contributed by atoms with Crippen LogP contribution in [0.2, 0.25) is 0 Å². The van der Waals surface area contributed by atoms with Crippen molar-refractivity contribution in [3.63, 3.8) is 0 Å². The lowest BCUT2D eigenvalue weighted by molar-refractivity contribution is 0.406. The zero-order valence-electron chi connectivity index (χ0n) is 21.8. The highest BCUT2D eigenvalue weighted by Crippen LogP contribution is 2.45. The van der Waals surface area contributed by atoms with Crippen molar-refractivity contribution in [1.29, 1.82) is 0 Å². The molecule has 5 rings (SSSR count). The number of ether oxygens (including phenoxy) is 2. The third-order valence-electron chi connectivity index (χ3n) is 6.64. The minimum Gasteiger partial charge on any atom is -0.497 e. The fourth-order valence-electron chi connectivity index (χ4n) is 4.77. The summed E-state index contributed by atoms with van der Waals surface area (Å²) in [5.41, 5.74) is 2.59. The molecule has 190 valence electrons. The first-order chi connectivity index (χ1) is 18.8. The van der Waals surface area contributed by atoms with Crippen molar-refractivity contribution < 1.29 is 9.47 Å². The maximum absolute atomic E-state index is 5.87. The molecule has 2 nitrogen and oxygen atoms in total. The molecule has 0 saturated heterocycles. The van der Waals surface area contributed by atoms with E-state index in [0.717, 1.165) is 23.8 Å². The standard InChI is InChI=1S/C34H32O2P2/c1-35-28-22-23-32(36-2)34(26-28)38(30-18-10-5-11-19-30)25-24-37(29-16-8-4-9-17-29)33-21-13-12-20-31(33)27-14-6-3-7-15-27/h3-23,26H,24-25H2,1-2H3/t37-,38+/m1/s1. The van der Waals surface area contributed by atoms with E-state index in [9.17, 15) is 0 Å². The predicted octanol–water partition coefficient (Wildman–Crippen LogP) is 6.94. The molecule has 0 spiro atoms. The molecule has 2 atom stereocenters. The maximum Gasteiger partial charge on any atom is 0.127 e. The molecule has 0 amide bonds. The van der Waals surface area contributed by atoms with Crippen LogP contribution < -0.4 is 30.7 Å². The minimum atomic E-state index is -0.665. The first-order valence-corrected chi connectivity index (χ1v) is 15.9. The van der Waals surface area contributed by atoms with Crippen molar-refractivity contribution in [1.82, 2.24) is 0 Å². The van der Waals surface area contributed by atoms with E-state index in [0.29, 0.717) is 0 Å². The van der Waals surface area contributed by atoms with Crippen LogP contribution in [-0.4, -0.2) is 26.5 Å². The lowest BCUT2D eigenvalue weighted by Gasteiger charge is -2.26. The van der Waals surface area contributed by atoms with Gasteiger partial charge in [-0.2, -0.15) is 0 Å². The Hall–Kier alpha value is -3.44. The largest absolute Gasteiger partial charge is 0.497 e. The van der Waals surface area contributed by atoms with Gasteiger partial charge in [0, 0.05) is 5.30 Å². The SMILES string of the molecule is COc1ccc(OC)c([P@@](CC[P@](c2ccccc2)c2ccccc2-c2ccccc2)c2ccccc2)c1. The van der Waals surface area contributed by atoms with Crippen molar-refractivity contribution in [2.45, 2.75) is 0 Å². The van der Waals surface area contributed by atoms with E-state index in [1.165, 1.54) is 32.3 Å². The molecule has 0 bridgehead atoms. The molecule has 0 unspecified atom stereocenters. The van der Waals surface area contributed by atoms with Crippen LogP contribution >= 0.6 is 15.8 Å². The molecule has 5 aromatic rings. The van der Waals surface area contributed by atoms with Gasteiger partial charge >= 0.3 is 0 Å². The lowest BCUT2D eigenvalue weighted by atomic mass is 10.1. The van der Waals surface area contributed by atoms with E-state index in [4.69, 9.17) is 9.47 Å². The molecule has 0 aliphatic heterocycles. The fourth-order valence-corrected chi connectivity index (χ4v) is 10.5. The Morgan fingerprint density at radius 3 is 1.61 bits per heavy atom. The highest BCUT2D eigenvalue weighted by Gasteiger charge is 2.24. The van der Waals surface area contributed by atoms with Crippen molar-refractivity contribution in [3.05, 3.63) is 133 Å². The smallest absolute Gasteiger partial charge is 0.127 e. The van der Waals surface area contributed by atoms with Gasteiger partial charge in [0.25, 0.3) is 0 Å². The Morgan fingerprint density at radius 1 is 0.500 bits per heavy atom. The zero-order valence-corrected chi connectivity index (χ0v) is 23.6. The van der Waals surface area contributed by atoms with E-state index in [-0.39, 0.29) is 0 Å². The Labute approximate surface area is 228 Å². The van der Waals surface area contributed by atoms with Crippen molar-refractivity contribution in [3.8, 4) is 22.6 Å². The number of benzene rings is 5. The van der Waals surface area contributed by atoms with Crippen LogP contribution in [-0.2, 0) is 0 Å². The molecule has 0 heterocycles. The molecule has 38 heavy (non-hydrogen) atoms. The Kier molecular flexibility index (Phi) is 8.87. The lowest BCUT2D eigenvalue weighted by Crippen LogP contribution is -2.21. The summed E-state index contributed by atoms with van der Waals surface area (Å²) in [5, 5.41) is 5.42. The Morgan fingerprint density at radius 2 is 1.03 bits per heavy atom. The number of hydrogen-bond acceptors (Lipinski definition) is 2. The minimum absolute atomic E-state index is 0.590. The monoisotopic (exact) mass is 534 g/mol. The van der Waals surface area contributed by atoms with Crippen LogP contribution in [0.3, 0.4) is 0 Å². The van der Waals surface area contributed by atoms with Gasteiger partial charge in [-0.05, 0) is 73.4 Å². The van der Waals surface area contributed by atoms with Crippen LogP contribution in [0.4, 0.5) is 0 Å². The maximum atomic E-state index is 5.87. The highest BCUT2D eigenvalue weighted by atomic mass is 31.1. The average Bonchev–Trinajstić information content (AvgIpc) is 3.00. The van der Waals surface area contributed by atoms with E-state index in [1.54, 1.807) is 14.2 Å². The van der Waals surface area contributed by atoms with Crippen LogP contribution in [0.25, 0.3) is 11.1 Å². The van der Waals surface area contributed by atoms with Crippen molar-refractivity contribution in [2.75, 3.05) is 26.5 Å². The van der Waals surface area contributed by atoms with Gasteiger partial charge in [-0.1, -0.05) is 115 Å². The second-order valence-corrected chi connectivity index (χ2v) is 13.5. The van der Waals surface area contributed by atoms with E-state index >= 15 is 0 Å². The van der Waals surface area contributed by atoms with Crippen molar-refractivity contribution in [2.24, 2.45) is 0 Å². The van der Waals surface area contributed by atoms with Gasteiger partial charge in [-0.3, -0.25) is 0 Å². The molecule has 0 aliphatic rings. The third-order valence-corrected chi connectivity index (χ3v) is 12.1. The summed E-state index contributed by atoms with van der Waals surface area (Å²) < 4.78 is 11.5. The summed E-state index contributed by atoms with van der Waals surface area (Å²) in [6.45, 7) is 0. The normalized spacial score (nSPS) is 12.5. The molecule has 0 saturated carbocycles. The second kappa shape index (κ2) is 12.9. The van der Waals surface area contributed by atoms with Crippen LogP contribution in [0, 0.1) is 0 Å². The average molecular weight is 535 g/mol. The quantitative estimate of drug-likeness (QED) is 0.181. The topological polar surface area (TPSA) is 18.5 Å². The second-order valence-electron chi connectivity index (χ2n) is 8.90. The predicted molar refractivity (Wildman–Crippen MR) is 166 cm³/mol. The molecular weight excluding hydrogens is 502 g/mol. The summed E-state index contributed by atoms with van der Waals surface area (Å²) in [4.78, 5) is 0. The van der Waals surface area contributed by atoms with Crippen LogP contribution in [0.1, 0.15) is 0 Å². The highest BCUT2D eigenvalue weighted by molar-refractivity contribution is 7.76. The number of methoxy groups -OCH3 is 2. The Balaban J connectivity index is 1.58. The van der Waals surface area contributed by atoms with Crippen molar-refractivity contribution >= 4 is 37.1 Å². The molecular formula is C34H32O2P2. The van der Waals surface area contributed by atoms with Crippen LogP contribution in [0.15, 0.2) is 133 Å². The van der Waals surface area contributed by atoms with E-state index < -0.39 is 15.8 Å². The molecule has 0 aliphatic carbocycles. The van der Waals surface area contributed by atoms with Gasteiger partial charge in [-0.25, -0.2) is 0 Å².